The first kappa shape index (κ1) is 25.6. The fraction of sp³-hybridized carbons (Fsp3) is 0.192. The van der Waals surface area contributed by atoms with E-state index in [1.54, 1.807) is 55.5 Å². The molecule has 0 saturated carbocycles. The van der Waals surface area contributed by atoms with E-state index in [4.69, 9.17) is 25.8 Å². The Bertz CT molecular complexity index is 1120. The number of carbonyl (C=O) groups excluding carboxylic acids is 3. The first-order chi connectivity index (χ1) is 16.9. The highest BCUT2D eigenvalue weighted by molar-refractivity contribution is 6.30. The fourth-order valence-corrected chi connectivity index (χ4v) is 3.18. The maximum absolute atomic E-state index is 12.4. The molecule has 1 atom stereocenters. The zero-order chi connectivity index (χ0) is 25.0. The molecule has 0 unspecified atom stereocenters. The summed E-state index contributed by atoms with van der Waals surface area (Å²) in [7, 11) is 0. The molecule has 0 aliphatic heterocycles. The highest BCUT2D eigenvalue weighted by Gasteiger charge is 2.23. The lowest BCUT2D eigenvalue weighted by atomic mass is 10.1. The zero-order valence-corrected chi connectivity index (χ0v) is 19.8. The van der Waals surface area contributed by atoms with Gasteiger partial charge in [0.05, 0.1) is 6.61 Å². The molecule has 0 heterocycles. The second-order valence-electron chi connectivity index (χ2n) is 7.38. The monoisotopic (exact) mass is 496 g/mol. The summed E-state index contributed by atoms with van der Waals surface area (Å²) in [5, 5.41) is 5.71. The largest absolute Gasteiger partial charge is 0.464 e. The van der Waals surface area contributed by atoms with Crippen LogP contribution in [0.15, 0.2) is 78.9 Å². The maximum Gasteiger partial charge on any atom is 0.417 e. The summed E-state index contributed by atoms with van der Waals surface area (Å²) in [4.78, 5) is 36.7. The lowest BCUT2D eigenvalue weighted by Gasteiger charge is -2.17. The van der Waals surface area contributed by atoms with Crippen LogP contribution in [0.2, 0.25) is 5.02 Å². The summed E-state index contributed by atoms with van der Waals surface area (Å²) in [6.45, 7) is 1.93. The number of ether oxygens (including phenoxy) is 3. The molecule has 0 aliphatic carbocycles. The van der Waals surface area contributed by atoms with E-state index < -0.39 is 24.2 Å². The van der Waals surface area contributed by atoms with Crippen LogP contribution in [-0.2, 0) is 27.3 Å². The molecule has 182 valence electrons. The first-order valence-electron chi connectivity index (χ1n) is 10.9. The molecule has 8 nitrogen and oxygen atoms in total. The van der Waals surface area contributed by atoms with Crippen molar-refractivity contribution in [3.05, 3.63) is 95.0 Å². The summed E-state index contributed by atoms with van der Waals surface area (Å²) >= 11 is 5.83. The van der Waals surface area contributed by atoms with Crippen LogP contribution in [-0.4, -0.2) is 30.8 Å². The van der Waals surface area contributed by atoms with E-state index in [1.165, 1.54) is 0 Å². The van der Waals surface area contributed by atoms with Crippen molar-refractivity contribution < 1.29 is 28.6 Å². The van der Waals surface area contributed by atoms with Gasteiger partial charge in [-0.3, -0.25) is 5.32 Å². The summed E-state index contributed by atoms with van der Waals surface area (Å²) < 4.78 is 15.6. The number of halogens is 1. The van der Waals surface area contributed by atoms with Gasteiger partial charge in [-0.15, -0.1) is 0 Å². The molecule has 0 aromatic heterocycles. The van der Waals surface area contributed by atoms with Gasteiger partial charge in [0, 0.05) is 17.1 Å². The van der Waals surface area contributed by atoms with E-state index in [-0.39, 0.29) is 19.6 Å². The Morgan fingerprint density at radius 2 is 1.51 bits per heavy atom. The Kier molecular flexibility index (Phi) is 9.50. The van der Waals surface area contributed by atoms with Gasteiger partial charge in [-0.2, -0.15) is 0 Å². The molecule has 3 aromatic carbocycles. The summed E-state index contributed by atoms with van der Waals surface area (Å²) in [5.74, 6) is -0.269. The molecule has 0 bridgehead atoms. The van der Waals surface area contributed by atoms with E-state index in [0.717, 1.165) is 11.1 Å². The lowest BCUT2D eigenvalue weighted by molar-refractivity contribution is -0.145. The minimum absolute atomic E-state index is 0.0757. The number of amides is 2. The van der Waals surface area contributed by atoms with E-state index in [1.807, 2.05) is 30.3 Å². The first-order valence-corrected chi connectivity index (χ1v) is 11.3. The van der Waals surface area contributed by atoms with Gasteiger partial charge < -0.3 is 19.5 Å². The van der Waals surface area contributed by atoms with Gasteiger partial charge in [0.15, 0.2) is 0 Å². The van der Waals surface area contributed by atoms with Crippen molar-refractivity contribution in [1.29, 1.82) is 0 Å². The second kappa shape index (κ2) is 13.0. The molecule has 2 N–H and O–H groups in total. The SMILES string of the molecule is CCOC(=O)[C@H](Cc1ccc(OC(=O)Nc2ccc(Cl)cc2)cc1)NC(=O)OCc1ccccc1. The Balaban J connectivity index is 1.55. The highest BCUT2D eigenvalue weighted by Crippen LogP contribution is 2.17. The van der Waals surface area contributed by atoms with E-state index in [0.29, 0.717) is 16.5 Å². The van der Waals surface area contributed by atoms with Crippen LogP contribution in [0.25, 0.3) is 0 Å². The van der Waals surface area contributed by atoms with Gasteiger partial charge in [-0.25, -0.2) is 14.4 Å². The molecule has 0 spiro atoms. The normalized spacial score (nSPS) is 11.1. The molecule has 0 saturated heterocycles. The number of anilines is 1. The second-order valence-corrected chi connectivity index (χ2v) is 7.82. The number of benzene rings is 3. The average molecular weight is 497 g/mol. The molecule has 2 amide bonds. The van der Waals surface area contributed by atoms with Crippen molar-refractivity contribution in [2.24, 2.45) is 0 Å². The van der Waals surface area contributed by atoms with E-state index >= 15 is 0 Å². The minimum atomic E-state index is -0.946. The molecule has 3 aromatic rings. The number of hydrogen-bond donors (Lipinski definition) is 2. The smallest absolute Gasteiger partial charge is 0.417 e. The van der Waals surface area contributed by atoms with Gasteiger partial charge >= 0.3 is 18.2 Å². The van der Waals surface area contributed by atoms with Gasteiger partial charge in [-0.05, 0) is 54.4 Å². The number of hydrogen-bond acceptors (Lipinski definition) is 6. The molecule has 0 radical (unpaired) electrons. The number of nitrogens with one attached hydrogen (secondary N) is 2. The molecule has 35 heavy (non-hydrogen) atoms. The lowest BCUT2D eigenvalue weighted by Crippen LogP contribution is -2.43. The highest BCUT2D eigenvalue weighted by atomic mass is 35.5. The van der Waals surface area contributed by atoms with Crippen molar-refractivity contribution >= 4 is 35.4 Å². The number of alkyl carbamates (subject to hydrolysis) is 1. The summed E-state index contributed by atoms with van der Waals surface area (Å²) in [5.41, 5.74) is 2.08. The summed E-state index contributed by atoms with van der Waals surface area (Å²) in [6, 6.07) is 21.4. The van der Waals surface area contributed by atoms with Crippen LogP contribution in [0.3, 0.4) is 0 Å². The molecular formula is C26H25ClN2O6. The van der Waals surface area contributed by atoms with Crippen LogP contribution < -0.4 is 15.4 Å². The fourth-order valence-electron chi connectivity index (χ4n) is 3.06. The predicted molar refractivity (Wildman–Crippen MR) is 131 cm³/mol. The Hall–Kier alpha value is -4.04. The third kappa shape index (κ3) is 8.68. The van der Waals surface area contributed by atoms with Crippen LogP contribution in [0.1, 0.15) is 18.1 Å². The number of esters is 1. The molecular weight excluding hydrogens is 472 g/mol. The van der Waals surface area contributed by atoms with Gasteiger partial charge in [0.25, 0.3) is 0 Å². The average Bonchev–Trinajstić information content (AvgIpc) is 2.85. The minimum Gasteiger partial charge on any atom is -0.464 e. The van der Waals surface area contributed by atoms with Crippen LogP contribution in [0.4, 0.5) is 15.3 Å². The van der Waals surface area contributed by atoms with Crippen molar-refractivity contribution in [2.75, 3.05) is 11.9 Å². The maximum atomic E-state index is 12.4. The van der Waals surface area contributed by atoms with Gasteiger partial charge in [0.2, 0.25) is 0 Å². The van der Waals surface area contributed by atoms with E-state index in [2.05, 4.69) is 10.6 Å². The van der Waals surface area contributed by atoms with E-state index in [9.17, 15) is 14.4 Å². The molecule has 3 rings (SSSR count). The zero-order valence-electron chi connectivity index (χ0n) is 19.0. The molecule has 9 heteroatoms. The Labute approximate surface area is 208 Å². The van der Waals surface area contributed by atoms with Crippen molar-refractivity contribution in [3.8, 4) is 5.75 Å². The van der Waals surface area contributed by atoms with Gasteiger partial charge in [0.1, 0.15) is 18.4 Å². The topological polar surface area (TPSA) is 103 Å². The molecule has 0 aliphatic rings. The summed E-state index contributed by atoms with van der Waals surface area (Å²) in [6.07, 6.45) is -1.23. The van der Waals surface area contributed by atoms with Crippen LogP contribution in [0, 0.1) is 0 Å². The number of rotatable bonds is 9. The van der Waals surface area contributed by atoms with Crippen molar-refractivity contribution in [2.45, 2.75) is 26.0 Å². The third-order valence-electron chi connectivity index (χ3n) is 4.74. The quantitative estimate of drug-likeness (QED) is 0.387. The van der Waals surface area contributed by atoms with Crippen LogP contribution in [0.5, 0.6) is 5.75 Å². The van der Waals surface area contributed by atoms with Crippen LogP contribution >= 0.6 is 11.6 Å². The van der Waals surface area contributed by atoms with Gasteiger partial charge in [-0.1, -0.05) is 54.1 Å². The third-order valence-corrected chi connectivity index (χ3v) is 4.99. The predicted octanol–water partition coefficient (Wildman–Crippen LogP) is 5.35. The van der Waals surface area contributed by atoms with Crippen molar-refractivity contribution in [1.82, 2.24) is 5.32 Å². The number of carbonyl (C=O) groups is 3. The molecule has 0 fully saturated rings. The standard InChI is InChI=1S/C26H25ClN2O6/c1-2-33-24(30)23(29-25(31)34-17-19-6-4-3-5-7-19)16-18-8-14-22(15-9-18)35-26(32)28-21-12-10-20(27)11-13-21/h3-15,23H,2,16-17H2,1H3,(H,28,32)(H,29,31)/t23-/m0/s1. The Morgan fingerprint density at radius 3 is 2.17 bits per heavy atom. The van der Waals surface area contributed by atoms with Crippen molar-refractivity contribution in [3.63, 3.8) is 0 Å². The Morgan fingerprint density at radius 1 is 0.829 bits per heavy atom.